The molecule has 0 radical (unpaired) electrons. The van der Waals surface area contributed by atoms with Gasteiger partial charge in [-0.3, -0.25) is 4.79 Å². The predicted octanol–water partition coefficient (Wildman–Crippen LogP) is 3.76. The Bertz CT molecular complexity index is 445. The van der Waals surface area contributed by atoms with E-state index in [4.69, 9.17) is 39.5 Å². The summed E-state index contributed by atoms with van der Waals surface area (Å²) in [7, 11) is 0. The van der Waals surface area contributed by atoms with Crippen LogP contribution in [0.5, 0.6) is 0 Å². The molecule has 1 aromatic rings. The van der Waals surface area contributed by atoms with Crippen molar-refractivity contribution >= 4 is 46.4 Å². The maximum atomic E-state index is 11.8. The van der Waals surface area contributed by atoms with Crippen molar-refractivity contribution in [1.82, 2.24) is 0 Å². The largest absolute Gasteiger partial charge is 0.368 e. The van der Waals surface area contributed by atoms with Crippen LogP contribution in [0.25, 0.3) is 0 Å². The van der Waals surface area contributed by atoms with Gasteiger partial charge in [-0.2, -0.15) is 0 Å². The summed E-state index contributed by atoms with van der Waals surface area (Å²) in [5.41, 5.74) is 0.446. The number of amides is 1. The van der Waals surface area contributed by atoms with E-state index < -0.39 is 6.10 Å². The number of ether oxygens (including phenoxy) is 1. The Morgan fingerprint density at radius 1 is 1.24 bits per heavy atom. The lowest BCUT2D eigenvalue weighted by Gasteiger charge is -2.12. The van der Waals surface area contributed by atoms with Gasteiger partial charge < -0.3 is 10.1 Å². The summed E-state index contributed by atoms with van der Waals surface area (Å²) in [6.07, 6.45) is 1.22. The zero-order valence-electron chi connectivity index (χ0n) is 8.80. The molecule has 1 heterocycles. The van der Waals surface area contributed by atoms with Gasteiger partial charge in [0.25, 0.3) is 5.91 Å². The third kappa shape index (κ3) is 3.05. The van der Waals surface area contributed by atoms with Crippen molar-refractivity contribution in [2.24, 2.45) is 0 Å². The third-order valence-electron chi connectivity index (χ3n) is 2.49. The van der Waals surface area contributed by atoms with E-state index in [0.717, 1.165) is 12.8 Å². The molecule has 0 aliphatic carbocycles. The molecule has 3 nitrogen and oxygen atoms in total. The molecule has 17 heavy (non-hydrogen) atoms. The summed E-state index contributed by atoms with van der Waals surface area (Å²) in [6, 6.07) is 3.02. The second-order valence-electron chi connectivity index (χ2n) is 3.74. The topological polar surface area (TPSA) is 38.3 Å². The Morgan fingerprint density at radius 3 is 2.59 bits per heavy atom. The summed E-state index contributed by atoms with van der Waals surface area (Å²) in [6.45, 7) is 0.618. The molecule has 6 heteroatoms. The average molecular weight is 295 g/mol. The van der Waals surface area contributed by atoms with Crippen LogP contribution < -0.4 is 5.32 Å². The number of nitrogens with one attached hydrogen (secondary N) is 1. The molecule has 1 aromatic carbocycles. The van der Waals surface area contributed by atoms with Crippen LogP contribution in [0.3, 0.4) is 0 Å². The molecular weight excluding hydrogens is 284 g/mol. The molecule has 0 spiro atoms. The predicted molar refractivity (Wildman–Crippen MR) is 69.1 cm³/mol. The van der Waals surface area contributed by atoms with Crippen molar-refractivity contribution in [3.63, 3.8) is 0 Å². The van der Waals surface area contributed by atoms with Gasteiger partial charge in [0.2, 0.25) is 0 Å². The Morgan fingerprint density at radius 2 is 1.94 bits per heavy atom. The number of hydrogen-bond acceptors (Lipinski definition) is 2. The second-order valence-corrected chi connectivity index (χ2v) is 4.96. The van der Waals surface area contributed by atoms with Crippen molar-refractivity contribution < 1.29 is 9.53 Å². The van der Waals surface area contributed by atoms with Crippen molar-refractivity contribution in [2.45, 2.75) is 18.9 Å². The minimum atomic E-state index is -0.402. The molecular formula is C11H10Cl3NO2. The second kappa shape index (κ2) is 5.44. The summed E-state index contributed by atoms with van der Waals surface area (Å²) in [4.78, 5) is 11.8. The molecule has 0 unspecified atom stereocenters. The molecule has 0 bridgehead atoms. The fraction of sp³-hybridized carbons (Fsp3) is 0.364. The summed E-state index contributed by atoms with van der Waals surface area (Å²) < 4.78 is 5.27. The SMILES string of the molecule is O=C(Nc1cc(Cl)c(Cl)cc1Cl)[C@@H]1CCCO1. The van der Waals surface area contributed by atoms with Crippen LogP contribution in [0, 0.1) is 0 Å². The van der Waals surface area contributed by atoms with Crippen LogP contribution in [0.1, 0.15) is 12.8 Å². The molecule has 1 aliphatic heterocycles. The molecule has 1 fully saturated rings. The van der Waals surface area contributed by atoms with Crippen molar-refractivity contribution in [1.29, 1.82) is 0 Å². The quantitative estimate of drug-likeness (QED) is 0.843. The number of halogens is 3. The highest BCUT2D eigenvalue weighted by Crippen LogP contribution is 2.32. The van der Waals surface area contributed by atoms with E-state index in [1.807, 2.05) is 0 Å². The first-order valence-electron chi connectivity index (χ1n) is 5.15. The van der Waals surface area contributed by atoms with Crippen molar-refractivity contribution in [3.05, 3.63) is 27.2 Å². The van der Waals surface area contributed by atoms with Crippen LogP contribution in [0.4, 0.5) is 5.69 Å². The number of benzene rings is 1. The maximum Gasteiger partial charge on any atom is 0.253 e. The van der Waals surface area contributed by atoms with Gasteiger partial charge in [0, 0.05) is 6.61 Å². The standard InChI is InChI=1S/C11H10Cl3NO2/c12-6-4-8(14)9(5-7(6)13)15-11(16)10-2-1-3-17-10/h4-5,10H,1-3H2,(H,15,16)/t10-/m0/s1. The van der Waals surface area contributed by atoms with E-state index in [0.29, 0.717) is 27.4 Å². The minimum absolute atomic E-state index is 0.206. The van der Waals surface area contributed by atoms with E-state index >= 15 is 0 Å². The summed E-state index contributed by atoms with van der Waals surface area (Å²) in [5, 5.41) is 3.73. The molecule has 1 saturated heterocycles. The normalized spacial score (nSPS) is 19.4. The van der Waals surface area contributed by atoms with Crippen molar-refractivity contribution in [3.8, 4) is 0 Å². The van der Waals surface area contributed by atoms with Gasteiger partial charge in [-0.25, -0.2) is 0 Å². The van der Waals surface area contributed by atoms with Gasteiger partial charge in [-0.15, -0.1) is 0 Å². The first-order chi connectivity index (χ1) is 8.08. The molecule has 92 valence electrons. The smallest absolute Gasteiger partial charge is 0.253 e. The molecule has 1 aliphatic rings. The van der Waals surface area contributed by atoms with Crippen LogP contribution >= 0.6 is 34.8 Å². The van der Waals surface area contributed by atoms with Crippen molar-refractivity contribution in [2.75, 3.05) is 11.9 Å². The number of anilines is 1. The Hall–Kier alpha value is -0.480. The number of carbonyl (C=O) groups is 1. The lowest BCUT2D eigenvalue weighted by atomic mass is 10.2. The van der Waals surface area contributed by atoms with E-state index in [2.05, 4.69) is 5.32 Å². The van der Waals surface area contributed by atoms with Gasteiger partial charge in [0.15, 0.2) is 0 Å². The Kier molecular flexibility index (Phi) is 4.15. The zero-order valence-corrected chi connectivity index (χ0v) is 11.1. The Balaban J connectivity index is 2.12. The maximum absolute atomic E-state index is 11.8. The summed E-state index contributed by atoms with van der Waals surface area (Å²) in [5.74, 6) is -0.206. The monoisotopic (exact) mass is 293 g/mol. The van der Waals surface area contributed by atoms with E-state index in [1.54, 1.807) is 0 Å². The third-order valence-corrected chi connectivity index (χ3v) is 3.52. The van der Waals surface area contributed by atoms with Crippen LogP contribution in [0.2, 0.25) is 15.1 Å². The highest BCUT2D eigenvalue weighted by molar-refractivity contribution is 6.44. The average Bonchev–Trinajstić information content (AvgIpc) is 2.79. The molecule has 1 amide bonds. The van der Waals surface area contributed by atoms with Crippen LogP contribution in [0.15, 0.2) is 12.1 Å². The van der Waals surface area contributed by atoms with Gasteiger partial charge in [0.05, 0.1) is 20.8 Å². The van der Waals surface area contributed by atoms with E-state index in [9.17, 15) is 4.79 Å². The summed E-state index contributed by atoms with van der Waals surface area (Å²) >= 11 is 17.6. The number of hydrogen-bond donors (Lipinski definition) is 1. The van der Waals surface area contributed by atoms with E-state index in [-0.39, 0.29) is 5.91 Å². The first-order valence-corrected chi connectivity index (χ1v) is 6.28. The zero-order chi connectivity index (χ0) is 12.4. The van der Waals surface area contributed by atoms with E-state index in [1.165, 1.54) is 12.1 Å². The molecule has 0 aromatic heterocycles. The fourth-order valence-corrected chi connectivity index (χ4v) is 2.21. The Labute approximate surface area is 114 Å². The van der Waals surface area contributed by atoms with Gasteiger partial charge in [0.1, 0.15) is 6.10 Å². The highest BCUT2D eigenvalue weighted by Gasteiger charge is 2.24. The van der Waals surface area contributed by atoms with Crippen LogP contribution in [-0.4, -0.2) is 18.6 Å². The molecule has 1 atom stereocenters. The lowest BCUT2D eigenvalue weighted by Crippen LogP contribution is -2.26. The molecule has 2 rings (SSSR count). The fourth-order valence-electron chi connectivity index (χ4n) is 1.62. The highest BCUT2D eigenvalue weighted by atomic mass is 35.5. The van der Waals surface area contributed by atoms with Crippen LogP contribution in [-0.2, 0) is 9.53 Å². The van der Waals surface area contributed by atoms with Gasteiger partial charge in [-0.1, -0.05) is 34.8 Å². The molecule has 0 saturated carbocycles. The minimum Gasteiger partial charge on any atom is -0.368 e. The van der Waals surface area contributed by atoms with Gasteiger partial charge in [-0.05, 0) is 25.0 Å². The number of rotatable bonds is 2. The lowest BCUT2D eigenvalue weighted by molar-refractivity contribution is -0.124. The molecule has 1 N–H and O–H groups in total. The first kappa shape index (κ1) is 13.0. The van der Waals surface area contributed by atoms with Gasteiger partial charge >= 0.3 is 0 Å². The number of carbonyl (C=O) groups excluding carboxylic acids is 1.